The molecule has 0 aliphatic heterocycles. The van der Waals surface area contributed by atoms with Gasteiger partial charge in [0.2, 0.25) is 5.88 Å². The molecule has 1 aliphatic carbocycles. The van der Waals surface area contributed by atoms with E-state index in [0.29, 0.717) is 0 Å². The Balaban J connectivity index is 1.91. The third-order valence-electron chi connectivity index (χ3n) is 4.35. The molecule has 5 heteroatoms. The Kier molecular flexibility index (Phi) is 2.69. The molecule has 0 saturated heterocycles. The molecule has 5 nitrogen and oxygen atoms in total. The van der Waals surface area contributed by atoms with Gasteiger partial charge in [-0.25, -0.2) is 4.79 Å². The first-order chi connectivity index (χ1) is 10.6. The molecule has 0 amide bonds. The highest BCUT2D eigenvalue weighted by molar-refractivity contribution is 5.93. The third kappa shape index (κ3) is 1.86. The molecule has 1 aliphatic rings. The number of nitrogens with one attached hydrogen (secondary N) is 2. The van der Waals surface area contributed by atoms with E-state index in [-0.39, 0.29) is 17.9 Å². The minimum Gasteiger partial charge on any atom is -0.494 e. The van der Waals surface area contributed by atoms with Gasteiger partial charge in [0.15, 0.2) is 0 Å². The standard InChI is InChI=1S/C17H14N2O3/c20-15-13(16(21)19-17(22)18-15)8-11-7-6-10-5-4-9-2-1-3-12(11)14(9)10/h1-3,6-7H,4-5,8H2,(H3,18,19,20,21,22). The lowest BCUT2D eigenvalue weighted by molar-refractivity contribution is 0.441. The Morgan fingerprint density at radius 3 is 2.55 bits per heavy atom. The molecule has 0 saturated carbocycles. The largest absolute Gasteiger partial charge is 0.494 e. The maximum absolute atomic E-state index is 11.9. The zero-order valence-corrected chi connectivity index (χ0v) is 11.8. The molecule has 3 aromatic rings. The molecule has 0 radical (unpaired) electrons. The molecule has 1 heterocycles. The second-order valence-corrected chi connectivity index (χ2v) is 5.64. The molecule has 0 atom stereocenters. The lowest BCUT2D eigenvalue weighted by atomic mass is 9.96. The Labute approximate surface area is 125 Å². The van der Waals surface area contributed by atoms with Gasteiger partial charge in [0, 0.05) is 6.42 Å². The first kappa shape index (κ1) is 12.9. The summed E-state index contributed by atoms with van der Waals surface area (Å²) in [6.07, 6.45) is 2.36. The topological polar surface area (TPSA) is 85.9 Å². The smallest absolute Gasteiger partial charge is 0.328 e. The lowest BCUT2D eigenvalue weighted by Crippen LogP contribution is -2.25. The van der Waals surface area contributed by atoms with E-state index in [1.54, 1.807) is 0 Å². The van der Waals surface area contributed by atoms with Crippen molar-refractivity contribution in [3.63, 3.8) is 0 Å². The summed E-state index contributed by atoms with van der Waals surface area (Å²) in [5, 5.41) is 12.2. The second-order valence-electron chi connectivity index (χ2n) is 5.64. The number of aromatic nitrogens is 2. The van der Waals surface area contributed by atoms with Crippen LogP contribution in [-0.4, -0.2) is 15.1 Å². The molecular formula is C17H14N2O3. The highest BCUT2D eigenvalue weighted by atomic mass is 16.3. The minimum atomic E-state index is -0.702. The molecule has 22 heavy (non-hydrogen) atoms. The van der Waals surface area contributed by atoms with Gasteiger partial charge >= 0.3 is 5.69 Å². The van der Waals surface area contributed by atoms with Crippen molar-refractivity contribution in [2.24, 2.45) is 0 Å². The highest BCUT2D eigenvalue weighted by Crippen LogP contribution is 2.33. The number of aromatic amines is 2. The van der Waals surface area contributed by atoms with Gasteiger partial charge in [0.25, 0.3) is 5.56 Å². The third-order valence-corrected chi connectivity index (χ3v) is 4.35. The van der Waals surface area contributed by atoms with Gasteiger partial charge in [-0.1, -0.05) is 30.3 Å². The summed E-state index contributed by atoms with van der Waals surface area (Å²) < 4.78 is 0. The molecule has 4 rings (SSSR count). The Hall–Kier alpha value is -2.82. The second kappa shape index (κ2) is 4.59. The van der Waals surface area contributed by atoms with Gasteiger partial charge < -0.3 is 5.11 Å². The molecule has 3 N–H and O–H groups in total. The van der Waals surface area contributed by atoms with Gasteiger partial charge in [-0.15, -0.1) is 0 Å². The van der Waals surface area contributed by atoms with E-state index in [1.807, 2.05) is 18.2 Å². The number of rotatable bonds is 2. The molecule has 0 unspecified atom stereocenters. The van der Waals surface area contributed by atoms with Crippen LogP contribution in [0.5, 0.6) is 5.88 Å². The number of hydrogen-bond donors (Lipinski definition) is 3. The van der Waals surface area contributed by atoms with Crippen molar-refractivity contribution < 1.29 is 5.11 Å². The van der Waals surface area contributed by atoms with Gasteiger partial charge in [0.1, 0.15) is 0 Å². The number of benzene rings is 2. The summed E-state index contributed by atoms with van der Waals surface area (Å²) in [6.45, 7) is 0. The van der Waals surface area contributed by atoms with Crippen molar-refractivity contribution in [1.29, 1.82) is 0 Å². The lowest BCUT2D eigenvalue weighted by Gasteiger charge is -2.09. The average Bonchev–Trinajstić information content (AvgIpc) is 2.90. The van der Waals surface area contributed by atoms with Gasteiger partial charge in [-0.3, -0.25) is 14.8 Å². The Bertz CT molecular complexity index is 1000. The van der Waals surface area contributed by atoms with Crippen molar-refractivity contribution in [2.45, 2.75) is 19.3 Å². The number of hydrogen-bond acceptors (Lipinski definition) is 3. The van der Waals surface area contributed by atoms with Crippen LogP contribution in [0.4, 0.5) is 0 Å². The zero-order valence-electron chi connectivity index (χ0n) is 11.8. The summed E-state index contributed by atoms with van der Waals surface area (Å²) in [5.41, 5.74) is 2.55. The van der Waals surface area contributed by atoms with Gasteiger partial charge in [-0.05, 0) is 40.3 Å². The van der Waals surface area contributed by atoms with E-state index in [0.717, 1.165) is 23.8 Å². The first-order valence-electron chi connectivity index (χ1n) is 7.20. The predicted molar refractivity (Wildman–Crippen MR) is 83.5 cm³/mol. The van der Waals surface area contributed by atoms with Gasteiger partial charge in [-0.2, -0.15) is 0 Å². The average molecular weight is 294 g/mol. The van der Waals surface area contributed by atoms with Crippen LogP contribution in [0.1, 0.15) is 22.3 Å². The maximum Gasteiger partial charge on any atom is 0.328 e. The molecule has 0 bridgehead atoms. The summed E-state index contributed by atoms with van der Waals surface area (Å²) in [5.74, 6) is -0.364. The van der Waals surface area contributed by atoms with Crippen molar-refractivity contribution in [3.8, 4) is 5.88 Å². The number of aromatic hydroxyl groups is 1. The molecular weight excluding hydrogens is 280 g/mol. The van der Waals surface area contributed by atoms with E-state index >= 15 is 0 Å². The van der Waals surface area contributed by atoms with Crippen molar-refractivity contribution in [3.05, 3.63) is 73.4 Å². The van der Waals surface area contributed by atoms with Gasteiger partial charge in [0.05, 0.1) is 5.56 Å². The van der Waals surface area contributed by atoms with Crippen molar-refractivity contribution in [2.75, 3.05) is 0 Å². The van der Waals surface area contributed by atoms with E-state index in [9.17, 15) is 14.7 Å². The quantitative estimate of drug-likeness (QED) is 0.671. The predicted octanol–water partition coefficient (Wildman–Crippen LogP) is 1.61. The first-order valence-corrected chi connectivity index (χ1v) is 7.20. The van der Waals surface area contributed by atoms with Crippen LogP contribution < -0.4 is 11.2 Å². The summed E-state index contributed by atoms with van der Waals surface area (Å²) in [6, 6.07) is 10.3. The number of aryl methyl sites for hydroxylation is 2. The van der Waals surface area contributed by atoms with E-state index in [1.165, 1.54) is 16.5 Å². The summed E-state index contributed by atoms with van der Waals surface area (Å²) in [7, 11) is 0. The fourth-order valence-electron chi connectivity index (χ4n) is 3.32. The van der Waals surface area contributed by atoms with Crippen LogP contribution >= 0.6 is 0 Å². The van der Waals surface area contributed by atoms with Crippen LogP contribution in [0.15, 0.2) is 39.9 Å². The maximum atomic E-state index is 11.9. The Morgan fingerprint density at radius 2 is 1.77 bits per heavy atom. The van der Waals surface area contributed by atoms with E-state index in [4.69, 9.17) is 0 Å². The summed E-state index contributed by atoms with van der Waals surface area (Å²) in [4.78, 5) is 27.5. The van der Waals surface area contributed by atoms with Crippen LogP contribution in [0.3, 0.4) is 0 Å². The molecule has 110 valence electrons. The highest BCUT2D eigenvalue weighted by Gasteiger charge is 2.17. The molecule has 0 fully saturated rings. The van der Waals surface area contributed by atoms with Crippen molar-refractivity contribution in [1.82, 2.24) is 9.97 Å². The fraction of sp³-hybridized carbons (Fsp3) is 0.176. The van der Waals surface area contributed by atoms with E-state index < -0.39 is 11.2 Å². The normalized spacial score (nSPS) is 12.9. The molecule has 1 aromatic heterocycles. The number of H-pyrrole nitrogens is 2. The van der Waals surface area contributed by atoms with E-state index in [2.05, 4.69) is 22.1 Å². The zero-order chi connectivity index (χ0) is 15.3. The molecule has 2 aromatic carbocycles. The summed E-state index contributed by atoms with van der Waals surface area (Å²) >= 11 is 0. The van der Waals surface area contributed by atoms with Crippen LogP contribution in [0.2, 0.25) is 0 Å². The Morgan fingerprint density at radius 1 is 1.00 bits per heavy atom. The van der Waals surface area contributed by atoms with Crippen LogP contribution in [0, 0.1) is 0 Å². The van der Waals surface area contributed by atoms with Crippen molar-refractivity contribution >= 4 is 10.8 Å². The monoisotopic (exact) mass is 294 g/mol. The molecule has 0 spiro atoms. The fourth-order valence-corrected chi connectivity index (χ4v) is 3.32. The SMILES string of the molecule is O=c1[nH]c(O)c(Cc2ccc3c4c(cccc24)CC3)c(=O)[nH]1. The minimum absolute atomic E-state index is 0.179. The van der Waals surface area contributed by atoms with Crippen LogP contribution in [-0.2, 0) is 19.3 Å². The van der Waals surface area contributed by atoms with Crippen LogP contribution in [0.25, 0.3) is 10.8 Å².